The minimum atomic E-state index is -0.787. The zero-order chi connectivity index (χ0) is 8.69. The van der Waals surface area contributed by atoms with Crippen molar-refractivity contribution in [2.75, 3.05) is 0 Å². The average Bonchev–Trinajstić information content (AvgIpc) is 1.87. The van der Waals surface area contributed by atoms with Crippen LogP contribution in [0.4, 0.5) is 0 Å². The molecule has 62 valence electrons. The van der Waals surface area contributed by atoms with Crippen LogP contribution in [-0.2, 0) is 4.79 Å². The van der Waals surface area contributed by atoms with Crippen molar-refractivity contribution in [3.63, 3.8) is 0 Å². The molecule has 0 spiro atoms. The van der Waals surface area contributed by atoms with Crippen molar-refractivity contribution in [1.29, 1.82) is 0 Å². The van der Waals surface area contributed by atoms with E-state index in [0.717, 1.165) is 12.0 Å². The molecule has 0 aliphatic carbocycles. The highest BCUT2D eigenvalue weighted by Crippen LogP contribution is 1.97. The number of carboxylic acid groups (broad SMARTS) is 1. The zero-order valence-corrected chi connectivity index (χ0v) is 7.00. The molecule has 0 unspecified atom stereocenters. The highest BCUT2D eigenvalue weighted by atomic mass is 16.4. The van der Waals surface area contributed by atoms with Crippen LogP contribution in [-0.4, -0.2) is 11.1 Å². The summed E-state index contributed by atoms with van der Waals surface area (Å²) in [5.41, 5.74) is 1.12. The quantitative estimate of drug-likeness (QED) is 0.631. The number of aliphatic carboxylic acids is 1. The van der Waals surface area contributed by atoms with E-state index in [1.54, 1.807) is 6.08 Å². The monoisotopic (exact) mass is 154 g/mol. The number of hydrogen-bond donors (Lipinski definition) is 1. The lowest BCUT2D eigenvalue weighted by atomic mass is 10.2. The summed E-state index contributed by atoms with van der Waals surface area (Å²) in [5, 5.41) is 8.29. The molecule has 0 fully saturated rings. The van der Waals surface area contributed by atoms with Crippen molar-refractivity contribution in [2.45, 2.75) is 26.7 Å². The van der Waals surface area contributed by atoms with Crippen molar-refractivity contribution < 1.29 is 9.90 Å². The molecule has 0 saturated carbocycles. The third-order valence-electron chi connectivity index (χ3n) is 1.20. The van der Waals surface area contributed by atoms with Crippen LogP contribution in [0.2, 0.25) is 0 Å². The molecule has 0 saturated heterocycles. The van der Waals surface area contributed by atoms with Crippen LogP contribution in [0.3, 0.4) is 0 Å². The maximum Gasteiger partial charge on any atom is 0.307 e. The van der Waals surface area contributed by atoms with Gasteiger partial charge in [-0.15, -0.1) is 0 Å². The van der Waals surface area contributed by atoms with Gasteiger partial charge in [-0.3, -0.25) is 4.79 Å². The van der Waals surface area contributed by atoms with E-state index in [4.69, 9.17) is 5.11 Å². The highest BCUT2D eigenvalue weighted by Gasteiger charge is 1.88. The summed E-state index contributed by atoms with van der Waals surface area (Å²) < 4.78 is 0. The molecule has 0 aromatic rings. The van der Waals surface area contributed by atoms with Crippen LogP contribution in [0.1, 0.15) is 26.7 Å². The van der Waals surface area contributed by atoms with Gasteiger partial charge in [-0.1, -0.05) is 30.7 Å². The van der Waals surface area contributed by atoms with Crippen molar-refractivity contribution in [3.05, 3.63) is 23.8 Å². The van der Waals surface area contributed by atoms with Crippen LogP contribution in [0, 0.1) is 0 Å². The van der Waals surface area contributed by atoms with E-state index in [1.807, 2.05) is 13.0 Å². The number of rotatable bonds is 4. The molecule has 0 rings (SSSR count). The molecule has 0 aromatic heterocycles. The van der Waals surface area contributed by atoms with E-state index in [0.29, 0.717) is 0 Å². The number of hydrogen-bond acceptors (Lipinski definition) is 1. The molecular weight excluding hydrogens is 140 g/mol. The lowest BCUT2D eigenvalue weighted by Crippen LogP contribution is -1.89. The number of allylic oxidation sites excluding steroid dienone is 3. The Labute approximate surface area is 67.2 Å². The van der Waals surface area contributed by atoms with Gasteiger partial charge in [0.25, 0.3) is 0 Å². The first kappa shape index (κ1) is 9.95. The molecule has 0 aliphatic heterocycles. The van der Waals surface area contributed by atoms with Crippen LogP contribution in [0.25, 0.3) is 0 Å². The minimum Gasteiger partial charge on any atom is -0.481 e. The third-order valence-corrected chi connectivity index (χ3v) is 1.20. The van der Waals surface area contributed by atoms with Crippen LogP contribution in [0.15, 0.2) is 23.8 Å². The Balaban J connectivity index is 3.74. The Kier molecular flexibility index (Phi) is 5.17. The Hall–Kier alpha value is -1.05. The SMILES string of the molecule is CC/C=C(C)\C=C\CC(=O)O. The van der Waals surface area contributed by atoms with E-state index in [9.17, 15) is 4.79 Å². The average molecular weight is 154 g/mol. The van der Waals surface area contributed by atoms with E-state index in [-0.39, 0.29) is 6.42 Å². The fourth-order valence-corrected chi connectivity index (χ4v) is 0.736. The summed E-state index contributed by atoms with van der Waals surface area (Å²) in [4.78, 5) is 10.1. The van der Waals surface area contributed by atoms with E-state index < -0.39 is 5.97 Å². The molecule has 0 heterocycles. The van der Waals surface area contributed by atoms with Gasteiger partial charge >= 0.3 is 5.97 Å². The highest BCUT2D eigenvalue weighted by molar-refractivity contribution is 5.68. The fraction of sp³-hybridized carbons (Fsp3) is 0.444. The normalized spacial score (nSPS) is 12.4. The van der Waals surface area contributed by atoms with Crippen molar-refractivity contribution in [1.82, 2.24) is 0 Å². The number of carboxylic acids is 1. The summed E-state index contributed by atoms with van der Waals surface area (Å²) in [6, 6.07) is 0. The topological polar surface area (TPSA) is 37.3 Å². The van der Waals surface area contributed by atoms with Crippen molar-refractivity contribution in [2.24, 2.45) is 0 Å². The number of carbonyl (C=O) groups is 1. The molecule has 2 heteroatoms. The van der Waals surface area contributed by atoms with Crippen LogP contribution >= 0.6 is 0 Å². The molecule has 0 radical (unpaired) electrons. The summed E-state index contributed by atoms with van der Waals surface area (Å²) in [6.45, 7) is 4.01. The molecule has 0 amide bonds. The minimum absolute atomic E-state index is 0.106. The summed E-state index contributed by atoms with van der Waals surface area (Å²) in [6.07, 6.45) is 6.64. The van der Waals surface area contributed by atoms with Gasteiger partial charge in [0.15, 0.2) is 0 Å². The van der Waals surface area contributed by atoms with Crippen molar-refractivity contribution >= 4 is 5.97 Å². The van der Waals surface area contributed by atoms with Gasteiger partial charge in [0, 0.05) is 0 Å². The van der Waals surface area contributed by atoms with Gasteiger partial charge in [-0.05, 0) is 13.3 Å². The predicted octanol–water partition coefficient (Wildman–Crippen LogP) is 2.37. The molecule has 11 heavy (non-hydrogen) atoms. The Morgan fingerprint density at radius 1 is 1.55 bits per heavy atom. The third kappa shape index (κ3) is 6.84. The smallest absolute Gasteiger partial charge is 0.307 e. The standard InChI is InChI=1S/C9H14O2/c1-3-5-8(2)6-4-7-9(10)11/h4-6H,3,7H2,1-2H3,(H,10,11)/b6-4+,8-5-. The summed E-state index contributed by atoms with van der Waals surface area (Å²) in [7, 11) is 0. The molecule has 2 nitrogen and oxygen atoms in total. The fourth-order valence-electron chi connectivity index (χ4n) is 0.736. The first-order chi connectivity index (χ1) is 5.16. The van der Waals surface area contributed by atoms with Gasteiger partial charge < -0.3 is 5.11 Å². The van der Waals surface area contributed by atoms with Gasteiger partial charge in [0.05, 0.1) is 6.42 Å². The molecule has 0 atom stereocenters. The first-order valence-electron chi connectivity index (χ1n) is 3.72. The lowest BCUT2D eigenvalue weighted by molar-refractivity contribution is -0.135. The van der Waals surface area contributed by atoms with Gasteiger partial charge in [-0.2, -0.15) is 0 Å². The molecular formula is C9H14O2. The van der Waals surface area contributed by atoms with E-state index in [2.05, 4.69) is 13.0 Å². The predicted molar refractivity (Wildman–Crippen MR) is 45.4 cm³/mol. The van der Waals surface area contributed by atoms with Crippen molar-refractivity contribution in [3.8, 4) is 0 Å². The molecule has 1 N–H and O–H groups in total. The van der Waals surface area contributed by atoms with Gasteiger partial charge in [0.2, 0.25) is 0 Å². The van der Waals surface area contributed by atoms with Gasteiger partial charge in [0.1, 0.15) is 0 Å². The van der Waals surface area contributed by atoms with E-state index >= 15 is 0 Å². The van der Waals surface area contributed by atoms with Gasteiger partial charge in [-0.25, -0.2) is 0 Å². The van der Waals surface area contributed by atoms with Crippen LogP contribution < -0.4 is 0 Å². The maximum atomic E-state index is 10.1. The van der Waals surface area contributed by atoms with E-state index in [1.165, 1.54) is 0 Å². The Morgan fingerprint density at radius 2 is 2.18 bits per heavy atom. The zero-order valence-electron chi connectivity index (χ0n) is 7.00. The molecule has 0 aliphatic rings. The first-order valence-corrected chi connectivity index (χ1v) is 3.72. The Bertz CT molecular complexity index is 178. The van der Waals surface area contributed by atoms with Crippen LogP contribution in [0.5, 0.6) is 0 Å². The second-order valence-electron chi connectivity index (χ2n) is 2.36. The largest absolute Gasteiger partial charge is 0.481 e. The second kappa shape index (κ2) is 5.71. The lowest BCUT2D eigenvalue weighted by Gasteiger charge is -1.88. The summed E-state index contributed by atoms with van der Waals surface area (Å²) in [5.74, 6) is -0.787. The maximum absolute atomic E-state index is 10.1. The summed E-state index contributed by atoms with van der Waals surface area (Å²) >= 11 is 0. The molecule has 0 aromatic carbocycles. The Morgan fingerprint density at radius 3 is 2.64 bits per heavy atom. The molecule has 0 bridgehead atoms. The second-order valence-corrected chi connectivity index (χ2v) is 2.36.